The van der Waals surface area contributed by atoms with E-state index in [9.17, 15) is 0 Å². The predicted octanol–water partition coefficient (Wildman–Crippen LogP) is 3.28. The summed E-state index contributed by atoms with van der Waals surface area (Å²) in [6.45, 7) is 13.0. The molecule has 1 aromatic rings. The summed E-state index contributed by atoms with van der Waals surface area (Å²) in [5, 5.41) is 1.16. The van der Waals surface area contributed by atoms with Gasteiger partial charge in [-0.05, 0) is 26.7 Å². The summed E-state index contributed by atoms with van der Waals surface area (Å²) in [5.74, 6) is 0. The fourth-order valence-corrected chi connectivity index (χ4v) is 3.98. The average molecular weight is 267 g/mol. The number of aromatic nitrogens is 1. The Kier molecular flexibility index (Phi) is 3.45. The number of nitrogens with two attached hydrogens (primary N) is 1. The lowest BCUT2D eigenvalue weighted by Crippen LogP contribution is -2.38. The molecular weight excluding hydrogens is 242 g/mol. The van der Waals surface area contributed by atoms with Crippen LogP contribution in [0.1, 0.15) is 58.0 Å². The Bertz CT molecular complexity index is 429. The van der Waals surface area contributed by atoms with E-state index in [4.69, 9.17) is 10.7 Å². The molecule has 0 aliphatic carbocycles. The minimum absolute atomic E-state index is 0.0767. The van der Waals surface area contributed by atoms with Crippen molar-refractivity contribution in [3.05, 3.63) is 10.6 Å². The monoisotopic (exact) mass is 267 g/mol. The van der Waals surface area contributed by atoms with Gasteiger partial charge < -0.3 is 10.6 Å². The van der Waals surface area contributed by atoms with E-state index in [0.717, 1.165) is 11.7 Å². The zero-order chi connectivity index (χ0) is 13.6. The maximum absolute atomic E-state index is 5.88. The third-order valence-electron chi connectivity index (χ3n) is 3.71. The highest BCUT2D eigenvalue weighted by atomic mass is 32.1. The number of hydrogen-bond donors (Lipinski definition) is 1. The van der Waals surface area contributed by atoms with E-state index in [0.29, 0.717) is 6.54 Å². The van der Waals surface area contributed by atoms with Crippen LogP contribution in [0.3, 0.4) is 0 Å². The van der Waals surface area contributed by atoms with E-state index in [-0.39, 0.29) is 11.0 Å². The van der Waals surface area contributed by atoms with E-state index in [1.54, 1.807) is 11.3 Å². The molecule has 1 aliphatic rings. The van der Waals surface area contributed by atoms with Crippen LogP contribution in [0.15, 0.2) is 0 Å². The molecule has 0 spiro atoms. The molecule has 0 bridgehead atoms. The topological polar surface area (TPSA) is 42.2 Å². The summed E-state index contributed by atoms with van der Waals surface area (Å²) < 4.78 is 0. The lowest BCUT2D eigenvalue weighted by molar-refractivity contribution is 0.514. The smallest absolute Gasteiger partial charge is 0.186 e. The van der Waals surface area contributed by atoms with Crippen molar-refractivity contribution in [1.82, 2.24) is 4.98 Å². The van der Waals surface area contributed by atoms with Crippen molar-refractivity contribution in [1.29, 1.82) is 0 Å². The van der Waals surface area contributed by atoms with Gasteiger partial charge in [0.05, 0.1) is 5.69 Å². The Morgan fingerprint density at radius 3 is 2.44 bits per heavy atom. The van der Waals surface area contributed by atoms with E-state index in [1.165, 1.54) is 23.4 Å². The number of rotatable bonds is 2. The molecule has 2 rings (SSSR count). The number of hydrogen-bond acceptors (Lipinski definition) is 4. The van der Waals surface area contributed by atoms with Crippen LogP contribution in [0.25, 0.3) is 0 Å². The summed E-state index contributed by atoms with van der Waals surface area (Å²) in [6.07, 6.45) is 2.50. The van der Waals surface area contributed by atoms with Crippen molar-refractivity contribution >= 4 is 16.5 Å². The highest BCUT2D eigenvalue weighted by Gasteiger charge is 2.35. The van der Waals surface area contributed by atoms with Crippen LogP contribution in [0.2, 0.25) is 0 Å². The van der Waals surface area contributed by atoms with Gasteiger partial charge in [-0.1, -0.05) is 20.8 Å². The summed E-state index contributed by atoms with van der Waals surface area (Å²) in [4.78, 5) is 8.58. The molecule has 1 aromatic heterocycles. The van der Waals surface area contributed by atoms with Crippen LogP contribution in [-0.4, -0.2) is 17.1 Å². The summed E-state index contributed by atoms with van der Waals surface area (Å²) >= 11 is 1.78. The van der Waals surface area contributed by atoms with Crippen LogP contribution in [-0.2, 0) is 12.0 Å². The second-order valence-corrected chi connectivity index (χ2v) is 7.85. The molecule has 0 aromatic carbocycles. The highest BCUT2D eigenvalue weighted by molar-refractivity contribution is 7.15. The van der Waals surface area contributed by atoms with Gasteiger partial charge in [0.2, 0.25) is 0 Å². The maximum Gasteiger partial charge on any atom is 0.186 e. The largest absolute Gasteiger partial charge is 0.343 e. The van der Waals surface area contributed by atoms with Crippen molar-refractivity contribution in [2.75, 3.05) is 11.4 Å². The van der Waals surface area contributed by atoms with Gasteiger partial charge in [0.25, 0.3) is 0 Å². The minimum Gasteiger partial charge on any atom is -0.343 e. The molecule has 1 fully saturated rings. The number of thiazole rings is 1. The quantitative estimate of drug-likeness (QED) is 0.894. The molecular formula is C14H25N3S. The number of anilines is 1. The number of nitrogens with zero attached hydrogens (tertiary/aromatic N) is 2. The normalized spacial score (nSPS) is 19.6. The second-order valence-electron chi connectivity index (χ2n) is 6.79. The Morgan fingerprint density at radius 2 is 2.06 bits per heavy atom. The molecule has 102 valence electrons. The van der Waals surface area contributed by atoms with Crippen LogP contribution in [0.4, 0.5) is 5.13 Å². The molecule has 0 radical (unpaired) electrons. The Morgan fingerprint density at radius 1 is 1.39 bits per heavy atom. The molecule has 2 N–H and O–H groups in total. The van der Waals surface area contributed by atoms with Gasteiger partial charge >= 0.3 is 0 Å². The third kappa shape index (κ3) is 2.41. The SMILES string of the molecule is CC(C)(C)c1nc(N2CCCC2(C)C)sc1CN. The standard InChI is InChI=1S/C14H25N3S/c1-13(2,3)11-10(9-15)18-12(16-11)17-8-6-7-14(17,4)5/h6-9,15H2,1-5H3. The van der Waals surface area contributed by atoms with E-state index in [2.05, 4.69) is 39.5 Å². The first-order valence-corrected chi connectivity index (χ1v) is 7.55. The first-order valence-electron chi connectivity index (χ1n) is 6.73. The second kappa shape index (κ2) is 4.49. The third-order valence-corrected chi connectivity index (χ3v) is 4.81. The lowest BCUT2D eigenvalue weighted by Gasteiger charge is -2.31. The van der Waals surface area contributed by atoms with Crippen molar-refractivity contribution < 1.29 is 0 Å². The Hall–Kier alpha value is -0.610. The van der Waals surface area contributed by atoms with Gasteiger partial charge in [0, 0.05) is 28.9 Å². The van der Waals surface area contributed by atoms with Gasteiger partial charge in [-0.3, -0.25) is 0 Å². The summed E-state index contributed by atoms with van der Waals surface area (Å²) in [7, 11) is 0. The molecule has 2 heterocycles. The zero-order valence-electron chi connectivity index (χ0n) is 12.2. The summed E-state index contributed by atoms with van der Waals surface area (Å²) in [6, 6.07) is 0. The molecule has 0 unspecified atom stereocenters. The fraction of sp³-hybridized carbons (Fsp3) is 0.786. The van der Waals surface area contributed by atoms with Crippen LogP contribution in [0.5, 0.6) is 0 Å². The lowest BCUT2D eigenvalue weighted by atomic mass is 9.91. The maximum atomic E-state index is 5.88. The summed E-state index contributed by atoms with van der Waals surface area (Å²) in [5.41, 5.74) is 7.36. The highest BCUT2D eigenvalue weighted by Crippen LogP contribution is 2.39. The predicted molar refractivity (Wildman–Crippen MR) is 79.4 cm³/mol. The fourth-order valence-electron chi connectivity index (χ4n) is 2.64. The van der Waals surface area contributed by atoms with E-state index < -0.39 is 0 Å². The molecule has 3 nitrogen and oxygen atoms in total. The molecule has 18 heavy (non-hydrogen) atoms. The molecule has 0 amide bonds. The first kappa shape index (κ1) is 13.8. The van der Waals surface area contributed by atoms with Gasteiger partial charge in [-0.25, -0.2) is 4.98 Å². The van der Waals surface area contributed by atoms with Crippen molar-refractivity contribution in [3.8, 4) is 0 Å². The van der Waals surface area contributed by atoms with Crippen LogP contribution >= 0.6 is 11.3 Å². The van der Waals surface area contributed by atoms with Gasteiger partial charge in [-0.2, -0.15) is 0 Å². The van der Waals surface area contributed by atoms with Crippen molar-refractivity contribution in [3.63, 3.8) is 0 Å². The Labute approximate surface area is 114 Å². The Balaban J connectivity index is 2.39. The average Bonchev–Trinajstić information content (AvgIpc) is 2.79. The molecule has 1 saturated heterocycles. The van der Waals surface area contributed by atoms with Crippen LogP contribution in [0, 0.1) is 0 Å². The molecule has 4 heteroatoms. The van der Waals surface area contributed by atoms with E-state index >= 15 is 0 Å². The van der Waals surface area contributed by atoms with Gasteiger partial charge in [0.15, 0.2) is 5.13 Å². The first-order chi connectivity index (χ1) is 8.25. The molecule has 0 saturated carbocycles. The minimum atomic E-state index is 0.0767. The van der Waals surface area contributed by atoms with Crippen LogP contribution < -0.4 is 10.6 Å². The van der Waals surface area contributed by atoms with Gasteiger partial charge in [0.1, 0.15) is 0 Å². The zero-order valence-corrected chi connectivity index (χ0v) is 13.0. The van der Waals surface area contributed by atoms with E-state index in [1.807, 2.05) is 0 Å². The van der Waals surface area contributed by atoms with Gasteiger partial charge in [-0.15, -0.1) is 11.3 Å². The molecule has 1 aliphatic heterocycles. The molecule has 0 atom stereocenters. The van der Waals surface area contributed by atoms with Crippen molar-refractivity contribution in [2.45, 2.75) is 65.0 Å². The van der Waals surface area contributed by atoms with Crippen molar-refractivity contribution in [2.24, 2.45) is 5.73 Å².